The number of amides is 1. The van der Waals surface area contributed by atoms with Gasteiger partial charge in [0.15, 0.2) is 0 Å². The van der Waals surface area contributed by atoms with Gasteiger partial charge in [-0.15, -0.1) is 0 Å². The van der Waals surface area contributed by atoms with Crippen molar-refractivity contribution in [1.29, 1.82) is 0 Å². The maximum Gasteiger partial charge on any atom is 0.340 e. The van der Waals surface area contributed by atoms with Crippen LogP contribution in [0.1, 0.15) is 72.9 Å². The number of carbonyl (C=O) groups excluding carboxylic acids is 2. The van der Waals surface area contributed by atoms with Gasteiger partial charge in [-0.2, -0.15) is 5.10 Å². The Balaban J connectivity index is 1.82. The molecule has 2 aromatic heterocycles. The van der Waals surface area contributed by atoms with Crippen LogP contribution in [0.25, 0.3) is 6.08 Å². The molecule has 1 aliphatic carbocycles. The smallest absolute Gasteiger partial charge is 0.340 e. The Hall–Kier alpha value is -2.83. The fraction of sp³-hybridized carbons (Fsp3) is 0.500. The maximum absolute atomic E-state index is 12.6. The molecule has 2 aromatic rings. The Morgan fingerprint density at radius 1 is 1.24 bits per heavy atom. The Bertz CT molecular complexity index is 917. The molecule has 0 radical (unpaired) electrons. The molecular weight excluding hydrogens is 368 g/mol. The van der Waals surface area contributed by atoms with Crippen LogP contribution >= 0.6 is 0 Å². The molecule has 1 saturated carbocycles. The summed E-state index contributed by atoms with van der Waals surface area (Å²) in [5.74, 6) is 0.0942. The predicted octanol–water partition coefficient (Wildman–Crippen LogP) is 4.27. The minimum absolute atomic E-state index is 0.249. The number of esters is 1. The second-order valence-electron chi connectivity index (χ2n) is 7.35. The third-order valence-electron chi connectivity index (χ3n) is 5.62. The van der Waals surface area contributed by atoms with Crippen LogP contribution in [-0.4, -0.2) is 32.8 Å². The van der Waals surface area contributed by atoms with Gasteiger partial charge in [0.05, 0.1) is 24.4 Å². The maximum atomic E-state index is 12.6. The van der Waals surface area contributed by atoms with Gasteiger partial charge in [0.2, 0.25) is 5.91 Å². The quantitative estimate of drug-likeness (QED) is 0.558. The van der Waals surface area contributed by atoms with E-state index in [0.29, 0.717) is 24.0 Å². The minimum Gasteiger partial charge on any atom is -0.462 e. The predicted molar refractivity (Wildman–Crippen MR) is 113 cm³/mol. The average molecular weight is 399 g/mol. The summed E-state index contributed by atoms with van der Waals surface area (Å²) >= 11 is 0. The molecule has 7 nitrogen and oxygen atoms in total. The summed E-state index contributed by atoms with van der Waals surface area (Å²) in [7, 11) is 0. The number of nitrogens with one attached hydrogen (secondary N) is 1. The second kappa shape index (κ2) is 9.11. The lowest BCUT2D eigenvalue weighted by Crippen LogP contribution is -2.15. The molecule has 0 spiro atoms. The number of aromatic nitrogens is 3. The van der Waals surface area contributed by atoms with Crippen LogP contribution < -0.4 is 5.32 Å². The molecule has 29 heavy (non-hydrogen) atoms. The van der Waals surface area contributed by atoms with Crippen molar-refractivity contribution < 1.29 is 14.3 Å². The first kappa shape index (κ1) is 20.9. The summed E-state index contributed by atoms with van der Waals surface area (Å²) in [5.41, 5.74) is 3.03. The van der Waals surface area contributed by atoms with E-state index in [4.69, 9.17) is 4.74 Å². The first-order chi connectivity index (χ1) is 14.0. The molecule has 1 fully saturated rings. The highest BCUT2D eigenvalue weighted by molar-refractivity contribution is 6.03. The molecule has 0 unspecified atom stereocenters. The van der Waals surface area contributed by atoms with Crippen molar-refractivity contribution in [2.45, 2.75) is 66.0 Å². The van der Waals surface area contributed by atoms with E-state index in [1.807, 2.05) is 31.5 Å². The third kappa shape index (κ3) is 4.28. The highest BCUT2D eigenvalue weighted by atomic mass is 16.5. The second-order valence-corrected chi connectivity index (χ2v) is 7.35. The normalized spacial score (nSPS) is 14.6. The van der Waals surface area contributed by atoms with Crippen molar-refractivity contribution in [1.82, 2.24) is 14.3 Å². The van der Waals surface area contributed by atoms with Crippen molar-refractivity contribution in [3.05, 3.63) is 40.9 Å². The fourth-order valence-electron chi connectivity index (χ4n) is 4.23. The van der Waals surface area contributed by atoms with Crippen molar-refractivity contribution in [2.24, 2.45) is 0 Å². The molecule has 2 heterocycles. The average Bonchev–Trinajstić information content (AvgIpc) is 3.40. The number of anilines is 1. The van der Waals surface area contributed by atoms with Crippen LogP contribution in [0.3, 0.4) is 0 Å². The number of ether oxygens (including phenoxy) is 1. The zero-order valence-corrected chi connectivity index (χ0v) is 17.7. The zero-order valence-electron chi connectivity index (χ0n) is 17.7. The highest BCUT2D eigenvalue weighted by Crippen LogP contribution is 2.31. The van der Waals surface area contributed by atoms with Crippen molar-refractivity contribution in [3.63, 3.8) is 0 Å². The minimum atomic E-state index is -0.361. The monoisotopic (exact) mass is 398 g/mol. The first-order valence-corrected chi connectivity index (χ1v) is 10.4. The molecule has 0 aliphatic heterocycles. The van der Waals surface area contributed by atoms with Gasteiger partial charge in [-0.05, 0) is 46.6 Å². The highest BCUT2D eigenvalue weighted by Gasteiger charge is 2.23. The molecule has 1 N–H and O–H groups in total. The van der Waals surface area contributed by atoms with Gasteiger partial charge in [0.1, 0.15) is 5.82 Å². The lowest BCUT2D eigenvalue weighted by atomic mass is 10.1. The Morgan fingerprint density at radius 2 is 1.97 bits per heavy atom. The first-order valence-electron chi connectivity index (χ1n) is 10.4. The van der Waals surface area contributed by atoms with Crippen LogP contribution in [0.2, 0.25) is 0 Å². The molecule has 1 amide bonds. The van der Waals surface area contributed by atoms with E-state index < -0.39 is 0 Å². The number of nitrogens with zero attached hydrogens (tertiary/aromatic N) is 3. The van der Waals surface area contributed by atoms with Crippen molar-refractivity contribution in [3.8, 4) is 0 Å². The Morgan fingerprint density at radius 3 is 2.62 bits per heavy atom. The lowest BCUT2D eigenvalue weighted by Gasteiger charge is -2.13. The van der Waals surface area contributed by atoms with Crippen molar-refractivity contribution in [2.75, 3.05) is 11.9 Å². The topological polar surface area (TPSA) is 78.2 Å². The van der Waals surface area contributed by atoms with E-state index >= 15 is 0 Å². The standard InChI is InChI=1S/C22H30N4O3/c1-5-25-15(3)18(21(16(25)4)22(28)29-6-2)11-12-20(27)24-19-13-14-23-26(19)17-9-7-8-10-17/h11-14,17H,5-10H2,1-4H3,(H,24,27)/b12-11+. The summed E-state index contributed by atoms with van der Waals surface area (Å²) in [6.45, 7) is 8.72. The summed E-state index contributed by atoms with van der Waals surface area (Å²) in [6, 6.07) is 2.17. The van der Waals surface area contributed by atoms with Gasteiger partial charge in [0.25, 0.3) is 0 Å². The van der Waals surface area contributed by atoms with Crippen LogP contribution in [0.15, 0.2) is 18.3 Å². The molecule has 7 heteroatoms. The molecule has 0 bridgehead atoms. The van der Waals surface area contributed by atoms with Crippen LogP contribution in [-0.2, 0) is 16.1 Å². The number of rotatable bonds is 7. The van der Waals surface area contributed by atoms with Crippen LogP contribution in [0.5, 0.6) is 0 Å². The Kier molecular flexibility index (Phi) is 6.56. The van der Waals surface area contributed by atoms with Gasteiger partial charge in [-0.3, -0.25) is 4.79 Å². The largest absolute Gasteiger partial charge is 0.462 e. The van der Waals surface area contributed by atoms with E-state index in [2.05, 4.69) is 15.0 Å². The van der Waals surface area contributed by atoms with E-state index in [-0.39, 0.29) is 11.9 Å². The molecule has 0 aromatic carbocycles. The zero-order chi connectivity index (χ0) is 21.0. The molecule has 1 aliphatic rings. The summed E-state index contributed by atoms with van der Waals surface area (Å²) < 4.78 is 9.19. The van der Waals surface area contributed by atoms with Crippen molar-refractivity contribution >= 4 is 23.8 Å². The number of hydrogen-bond acceptors (Lipinski definition) is 4. The lowest BCUT2D eigenvalue weighted by molar-refractivity contribution is -0.111. The SMILES string of the molecule is CCOC(=O)c1c(/C=C/C(=O)Nc2ccnn2C2CCCC2)c(C)n(CC)c1C. The summed E-state index contributed by atoms with van der Waals surface area (Å²) in [6.07, 6.45) is 9.45. The Labute approximate surface area is 171 Å². The summed E-state index contributed by atoms with van der Waals surface area (Å²) in [5, 5.41) is 7.30. The van der Waals surface area contributed by atoms with Gasteiger partial charge in [0, 0.05) is 35.6 Å². The van der Waals surface area contributed by atoms with E-state index in [0.717, 1.165) is 36.3 Å². The van der Waals surface area contributed by atoms with E-state index in [1.165, 1.54) is 18.9 Å². The number of hydrogen-bond donors (Lipinski definition) is 1. The van der Waals surface area contributed by atoms with Gasteiger partial charge >= 0.3 is 5.97 Å². The van der Waals surface area contributed by atoms with E-state index in [9.17, 15) is 9.59 Å². The van der Waals surface area contributed by atoms with E-state index in [1.54, 1.807) is 19.2 Å². The van der Waals surface area contributed by atoms with Crippen LogP contribution in [0.4, 0.5) is 5.82 Å². The fourth-order valence-corrected chi connectivity index (χ4v) is 4.23. The number of carbonyl (C=O) groups is 2. The third-order valence-corrected chi connectivity index (χ3v) is 5.62. The van der Waals surface area contributed by atoms with Crippen LogP contribution in [0, 0.1) is 13.8 Å². The molecule has 0 atom stereocenters. The molecule has 156 valence electrons. The molecule has 3 rings (SSSR count). The van der Waals surface area contributed by atoms with Gasteiger partial charge in [-0.1, -0.05) is 12.8 Å². The van der Waals surface area contributed by atoms with Gasteiger partial charge in [-0.25, -0.2) is 9.48 Å². The molecule has 0 saturated heterocycles. The molecular formula is C22H30N4O3. The van der Waals surface area contributed by atoms with Gasteiger partial charge < -0.3 is 14.6 Å². The summed E-state index contributed by atoms with van der Waals surface area (Å²) in [4.78, 5) is 25.0.